The highest BCUT2D eigenvalue weighted by atomic mass is 32.2. The van der Waals surface area contributed by atoms with E-state index in [1.54, 1.807) is 51.3 Å². The zero-order valence-corrected chi connectivity index (χ0v) is 24.1. The molecule has 0 aliphatic carbocycles. The first-order valence-corrected chi connectivity index (χ1v) is 13.9. The van der Waals surface area contributed by atoms with Crippen LogP contribution in [0.3, 0.4) is 0 Å². The molecule has 5 rings (SSSR count). The van der Waals surface area contributed by atoms with Gasteiger partial charge in [0.15, 0.2) is 22.5 Å². The summed E-state index contributed by atoms with van der Waals surface area (Å²) in [5.41, 5.74) is 5.29. The summed E-state index contributed by atoms with van der Waals surface area (Å²) in [6, 6.07) is 28.9. The summed E-state index contributed by atoms with van der Waals surface area (Å²) >= 11 is 1.58. The first kappa shape index (κ1) is 27.8. The number of aromatic nitrogens is 3. The van der Waals surface area contributed by atoms with E-state index in [9.17, 15) is 4.79 Å². The standard InChI is InChI=1S/C32H30N4O4S/c1-21-8-15-26(16-9-21)36-30(24-6-5-7-27(18-24)38-2)34-35-32(36)41-20-22-10-12-23(13-11-22)31(37)33-25-14-17-28(39-3)29(19-25)40-4/h5-19H,20H2,1-4H3,(H,33,37). The summed E-state index contributed by atoms with van der Waals surface area (Å²) < 4.78 is 18.1. The van der Waals surface area contributed by atoms with Crippen LogP contribution in [-0.2, 0) is 5.75 Å². The van der Waals surface area contributed by atoms with Gasteiger partial charge >= 0.3 is 0 Å². The van der Waals surface area contributed by atoms with Crippen molar-refractivity contribution in [2.24, 2.45) is 0 Å². The minimum absolute atomic E-state index is 0.210. The van der Waals surface area contributed by atoms with Crippen molar-refractivity contribution in [2.75, 3.05) is 26.6 Å². The van der Waals surface area contributed by atoms with Gasteiger partial charge in [0.2, 0.25) is 0 Å². The van der Waals surface area contributed by atoms with Gasteiger partial charge in [0, 0.05) is 34.3 Å². The van der Waals surface area contributed by atoms with Crippen LogP contribution in [0, 0.1) is 6.92 Å². The highest BCUT2D eigenvalue weighted by molar-refractivity contribution is 7.98. The van der Waals surface area contributed by atoms with Gasteiger partial charge in [-0.2, -0.15) is 0 Å². The highest BCUT2D eigenvalue weighted by Crippen LogP contribution is 2.32. The van der Waals surface area contributed by atoms with Crippen molar-refractivity contribution >= 4 is 23.4 Å². The largest absolute Gasteiger partial charge is 0.497 e. The van der Waals surface area contributed by atoms with E-state index in [0.717, 1.165) is 33.5 Å². The maximum atomic E-state index is 12.8. The highest BCUT2D eigenvalue weighted by Gasteiger charge is 2.17. The van der Waals surface area contributed by atoms with Crippen molar-refractivity contribution in [1.29, 1.82) is 0 Å². The van der Waals surface area contributed by atoms with Gasteiger partial charge in [-0.1, -0.05) is 53.7 Å². The summed E-state index contributed by atoms with van der Waals surface area (Å²) in [7, 11) is 4.78. The van der Waals surface area contributed by atoms with Crippen LogP contribution in [-0.4, -0.2) is 42.0 Å². The number of rotatable bonds is 10. The molecular weight excluding hydrogens is 536 g/mol. The molecule has 4 aromatic carbocycles. The van der Waals surface area contributed by atoms with E-state index in [-0.39, 0.29) is 5.91 Å². The molecule has 0 bridgehead atoms. The third kappa shape index (κ3) is 6.36. The summed E-state index contributed by atoms with van der Waals surface area (Å²) in [4.78, 5) is 12.8. The lowest BCUT2D eigenvalue weighted by atomic mass is 10.1. The minimum Gasteiger partial charge on any atom is -0.497 e. The number of hydrogen-bond acceptors (Lipinski definition) is 7. The first-order valence-electron chi connectivity index (χ1n) is 12.9. The fourth-order valence-corrected chi connectivity index (χ4v) is 5.16. The van der Waals surface area contributed by atoms with Gasteiger partial charge in [-0.05, 0) is 61.0 Å². The Balaban J connectivity index is 1.33. The van der Waals surface area contributed by atoms with E-state index in [2.05, 4.69) is 51.3 Å². The van der Waals surface area contributed by atoms with Crippen molar-refractivity contribution in [1.82, 2.24) is 14.8 Å². The van der Waals surface area contributed by atoms with Gasteiger partial charge in [-0.15, -0.1) is 10.2 Å². The Hall–Kier alpha value is -4.76. The molecule has 0 aliphatic heterocycles. The molecule has 208 valence electrons. The molecule has 0 saturated heterocycles. The van der Waals surface area contributed by atoms with Crippen LogP contribution in [0.25, 0.3) is 17.1 Å². The van der Waals surface area contributed by atoms with Crippen molar-refractivity contribution in [3.63, 3.8) is 0 Å². The molecule has 0 unspecified atom stereocenters. The molecule has 0 saturated carbocycles. The number of nitrogens with zero attached hydrogens (tertiary/aromatic N) is 3. The third-order valence-corrected chi connectivity index (χ3v) is 7.48. The fraction of sp³-hybridized carbons (Fsp3) is 0.156. The van der Waals surface area contributed by atoms with Gasteiger partial charge in [0.25, 0.3) is 5.91 Å². The Bertz CT molecular complexity index is 1650. The smallest absolute Gasteiger partial charge is 0.255 e. The molecule has 1 heterocycles. The fourth-order valence-electron chi connectivity index (χ4n) is 4.26. The van der Waals surface area contributed by atoms with Crippen molar-refractivity contribution in [3.05, 3.63) is 108 Å². The number of carbonyl (C=O) groups is 1. The van der Waals surface area contributed by atoms with Gasteiger partial charge in [0.1, 0.15) is 5.75 Å². The summed E-state index contributed by atoms with van der Waals surface area (Å²) in [6.07, 6.45) is 0. The Morgan fingerprint density at radius 3 is 2.29 bits per heavy atom. The zero-order chi connectivity index (χ0) is 28.8. The predicted molar refractivity (Wildman–Crippen MR) is 162 cm³/mol. The molecule has 9 heteroatoms. The molecule has 8 nitrogen and oxygen atoms in total. The number of anilines is 1. The van der Waals surface area contributed by atoms with Crippen molar-refractivity contribution < 1.29 is 19.0 Å². The number of carbonyl (C=O) groups excluding carboxylic acids is 1. The molecule has 5 aromatic rings. The number of methoxy groups -OCH3 is 3. The van der Waals surface area contributed by atoms with Crippen LogP contribution >= 0.6 is 11.8 Å². The summed E-state index contributed by atoms with van der Waals surface area (Å²) in [6.45, 7) is 2.06. The molecule has 0 spiro atoms. The summed E-state index contributed by atoms with van der Waals surface area (Å²) in [5.74, 6) is 3.08. The Labute approximate surface area is 243 Å². The van der Waals surface area contributed by atoms with Crippen LogP contribution in [0.2, 0.25) is 0 Å². The lowest BCUT2D eigenvalue weighted by Gasteiger charge is -2.12. The molecule has 1 amide bonds. The molecule has 1 N–H and O–H groups in total. The van der Waals surface area contributed by atoms with Crippen molar-refractivity contribution in [3.8, 4) is 34.3 Å². The normalized spacial score (nSPS) is 10.7. The van der Waals surface area contributed by atoms with E-state index in [4.69, 9.17) is 14.2 Å². The van der Waals surface area contributed by atoms with E-state index < -0.39 is 0 Å². The summed E-state index contributed by atoms with van der Waals surface area (Å²) in [5, 5.41) is 12.7. The Morgan fingerprint density at radius 2 is 1.59 bits per heavy atom. The van der Waals surface area contributed by atoms with Gasteiger partial charge in [0.05, 0.1) is 21.3 Å². The van der Waals surface area contributed by atoms with Crippen LogP contribution < -0.4 is 19.5 Å². The van der Waals surface area contributed by atoms with Crippen LogP contribution in [0.5, 0.6) is 17.2 Å². The Morgan fingerprint density at radius 1 is 0.829 bits per heavy atom. The third-order valence-electron chi connectivity index (χ3n) is 6.48. The van der Waals surface area contributed by atoms with Crippen molar-refractivity contribution in [2.45, 2.75) is 17.8 Å². The van der Waals surface area contributed by atoms with E-state index in [1.165, 1.54) is 5.56 Å². The minimum atomic E-state index is -0.210. The number of hydrogen-bond donors (Lipinski definition) is 1. The van der Waals surface area contributed by atoms with Crippen LogP contribution in [0.4, 0.5) is 5.69 Å². The number of aryl methyl sites for hydroxylation is 1. The quantitative estimate of drug-likeness (QED) is 0.186. The molecule has 0 aliphatic rings. The number of thioether (sulfide) groups is 1. The second kappa shape index (κ2) is 12.6. The zero-order valence-electron chi connectivity index (χ0n) is 23.3. The number of nitrogens with one attached hydrogen (secondary N) is 1. The van der Waals surface area contributed by atoms with Gasteiger partial charge < -0.3 is 19.5 Å². The van der Waals surface area contributed by atoms with Crippen LogP contribution in [0.1, 0.15) is 21.5 Å². The number of amides is 1. The van der Waals surface area contributed by atoms with E-state index >= 15 is 0 Å². The second-order valence-electron chi connectivity index (χ2n) is 9.22. The topological polar surface area (TPSA) is 87.5 Å². The maximum Gasteiger partial charge on any atom is 0.255 e. The SMILES string of the molecule is COc1cccc(-c2nnc(SCc3ccc(C(=O)Nc4ccc(OC)c(OC)c4)cc3)n2-c2ccc(C)cc2)c1. The Kier molecular flexibility index (Phi) is 8.55. The number of benzene rings is 4. The van der Waals surface area contributed by atoms with E-state index in [0.29, 0.717) is 28.5 Å². The molecule has 1 aromatic heterocycles. The first-order chi connectivity index (χ1) is 20.0. The average Bonchev–Trinajstić information content (AvgIpc) is 3.44. The van der Waals surface area contributed by atoms with Crippen LogP contribution in [0.15, 0.2) is 96.2 Å². The molecular formula is C32H30N4O4S. The number of ether oxygens (including phenoxy) is 3. The molecule has 0 radical (unpaired) electrons. The molecule has 41 heavy (non-hydrogen) atoms. The van der Waals surface area contributed by atoms with Gasteiger partial charge in [-0.3, -0.25) is 9.36 Å². The molecule has 0 fully saturated rings. The lowest BCUT2D eigenvalue weighted by molar-refractivity contribution is 0.102. The monoisotopic (exact) mass is 566 g/mol. The van der Waals surface area contributed by atoms with E-state index in [1.807, 2.05) is 48.5 Å². The average molecular weight is 567 g/mol. The predicted octanol–water partition coefficient (Wildman–Crippen LogP) is 6.81. The maximum absolute atomic E-state index is 12.8. The second-order valence-corrected chi connectivity index (χ2v) is 10.2. The van der Waals surface area contributed by atoms with Gasteiger partial charge in [-0.25, -0.2) is 0 Å². The molecule has 0 atom stereocenters. The lowest BCUT2D eigenvalue weighted by Crippen LogP contribution is -2.12.